The lowest BCUT2D eigenvalue weighted by molar-refractivity contribution is -0.596. The number of aryl methyl sites for hydroxylation is 1. The molecule has 29 heavy (non-hydrogen) atoms. The predicted molar refractivity (Wildman–Crippen MR) is 118 cm³/mol. The average Bonchev–Trinajstić information content (AvgIpc) is 2.74. The highest BCUT2D eigenvalue weighted by Gasteiger charge is 2.14. The monoisotopic (exact) mass is 388 g/mol. The third-order valence-corrected chi connectivity index (χ3v) is 5.01. The molecule has 0 aliphatic rings. The Labute approximate surface area is 171 Å². The number of nitrogens with zero attached hydrogens (tertiary/aromatic N) is 3. The van der Waals surface area contributed by atoms with E-state index in [2.05, 4.69) is 55.2 Å². The van der Waals surface area contributed by atoms with Crippen LogP contribution in [0.2, 0.25) is 0 Å². The Kier molecular flexibility index (Phi) is 6.39. The predicted octanol–water partition coefficient (Wildman–Crippen LogP) is 5.20. The topological polar surface area (TPSA) is 50.3 Å². The van der Waals surface area contributed by atoms with Gasteiger partial charge in [0.2, 0.25) is 5.69 Å². The fourth-order valence-electron chi connectivity index (χ4n) is 3.33. The maximum Gasteiger partial charge on any atom is 0.270 e. The number of aromatic nitrogens is 1. The molecule has 0 N–H and O–H groups in total. The van der Waals surface area contributed by atoms with Crippen LogP contribution in [0.3, 0.4) is 0 Å². The van der Waals surface area contributed by atoms with Crippen LogP contribution in [0.1, 0.15) is 30.5 Å². The van der Waals surface area contributed by atoms with Crippen molar-refractivity contribution in [3.05, 3.63) is 93.8 Å². The van der Waals surface area contributed by atoms with E-state index in [0.29, 0.717) is 0 Å². The first kappa shape index (κ1) is 20.3. The van der Waals surface area contributed by atoms with Crippen molar-refractivity contribution in [3.63, 3.8) is 0 Å². The first-order valence-corrected chi connectivity index (χ1v) is 9.81. The molecule has 0 amide bonds. The highest BCUT2D eigenvalue weighted by atomic mass is 16.6. The molecule has 0 atom stereocenters. The summed E-state index contributed by atoms with van der Waals surface area (Å²) in [4.78, 5) is 12.9. The second-order valence-corrected chi connectivity index (χ2v) is 6.86. The van der Waals surface area contributed by atoms with E-state index in [1.54, 1.807) is 12.1 Å². The smallest absolute Gasteiger partial charge is 0.270 e. The molecular weight excluding hydrogens is 362 g/mol. The van der Waals surface area contributed by atoms with Gasteiger partial charge in [0.1, 0.15) is 0 Å². The molecule has 0 aliphatic heterocycles. The van der Waals surface area contributed by atoms with Crippen LogP contribution < -0.4 is 9.47 Å². The van der Waals surface area contributed by atoms with Gasteiger partial charge < -0.3 is 4.90 Å². The number of hydrogen-bond donors (Lipinski definition) is 0. The fourth-order valence-corrected chi connectivity index (χ4v) is 3.33. The Morgan fingerprint density at radius 3 is 2.03 bits per heavy atom. The van der Waals surface area contributed by atoms with E-state index in [0.717, 1.165) is 35.5 Å². The van der Waals surface area contributed by atoms with Gasteiger partial charge in [-0.2, -0.15) is 4.57 Å². The number of nitro benzene ring substituents is 1. The van der Waals surface area contributed by atoms with Crippen molar-refractivity contribution in [2.45, 2.75) is 20.8 Å². The normalized spacial score (nSPS) is 11.0. The minimum absolute atomic E-state index is 0.110. The molecule has 5 heteroatoms. The van der Waals surface area contributed by atoms with Crippen LogP contribution in [-0.2, 0) is 0 Å². The fraction of sp³-hybridized carbons (Fsp3) is 0.208. The third kappa shape index (κ3) is 4.88. The number of non-ortho nitro benzene ring substituents is 1. The van der Waals surface area contributed by atoms with Gasteiger partial charge in [-0.25, -0.2) is 0 Å². The van der Waals surface area contributed by atoms with E-state index in [9.17, 15) is 10.1 Å². The molecule has 148 valence electrons. The molecule has 0 saturated carbocycles. The molecule has 0 bridgehead atoms. The summed E-state index contributed by atoms with van der Waals surface area (Å²) in [7, 11) is 0. The number of hydrogen-bond acceptors (Lipinski definition) is 3. The van der Waals surface area contributed by atoms with Gasteiger partial charge in [-0.15, -0.1) is 0 Å². The van der Waals surface area contributed by atoms with Crippen LogP contribution in [0.4, 0.5) is 11.4 Å². The van der Waals surface area contributed by atoms with E-state index in [1.165, 1.54) is 11.8 Å². The summed E-state index contributed by atoms with van der Waals surface area (Å²) < 4.78 is 1.97. The molecule has 0 aliphatic carbocycles. The zero-order valence-corrected chi connectivity index (χ0v) is 17.1. The zero-order valence-electron chi connectivity index (χ0n) is 17.1. The van der Waals surface area contributed by atoms with E-state index >= 15 is 0 Å². The number of benzene rings is 2. The van der Waals surface area contributed by atoms with Gasteiger partial charge in [-0.05, 0) is 44.0 Å². The maximum atomic E-state index is 10.9. The van der Waals surface area contributed by atoms with Crippen LogP contribution in [0.15, 0.2) is 67.0 Å². The summed E-state index contributed by atoms with van der Waals surface area (Å²) in [5, 5.41) is 10.9. The first-order chi connectivity index (χ1) is 14.0. The van der Waals surface area contributed by atoms with Crippen molar-refractivity contribution in [1.29, 1.82) is 0 Å². The molecule has 5 nitrogen and oxygen atoms in total. The summed E-state index contributed by atoms with van der Waals surface area (Å²) in [6, 6.07) is 17.5. The Bertz CT molecular complexity index is 1010. The van der Waals surface area contributed by atoms with Gasteiger partial charge in [-0.1, -0.05) is 24.3 Å². The van der Waals surface area contributed by atoms with Crippen molar-refractivity contribution in [2.24, 2.45) is 0 Å². The Balaban J connectivity index is 1.73. The Hall–Kier alpha value is -3.47. The molecule has 2 aromatic carbocycles. The van der Waals surface area contributed by atoms with E-state index in [4.69, 9.17) is 0 Å². The van der Waals surface area contributed by atoms with Crippen LogP contribution >= 0.6 is 0 Å². The molecule has 0 radical (unpaired) electrons. The highest BCUT2D eigenvalue weighted by molar-refractivity contribution is 5.70. The molecule has 3 aromatic rings. The summed E-state index contributed by atoms with van der Waals surface area (Å²) in [6.07, 6.45) is 8.12. The largest absolute Gasteiger partial charge is 0.372 e. The summed E-state index contributed by atoms with van der Waals surface area (Å²) in [5.41, 5.74) is 5.39. The van der Waals surface area contributed by atoms with Crippen molar-refractivity contribution in [1.82, 2.24) is 0 Å². The van der Waals surface area contributed by atoms with Gasteiger partial charge in [-0.3, -0.25) is 10.1 Å². The number of nitro groups is 1. The van der Waals surface area contributed by atoms with E-state index in [1.807, 2.05) is 36.0 Å². The molecule has 1 aromatic heterocycles. The van der Waals surface area contributed by atoms with Crippen LogP contribution in [0.25, 0.3) is 17.8 Å². The van der Waals surface area contributed by atoms with Crippen molar-refractivity contribution >= 4 is 23.5 Å². The molecule has 0 saturated heterocycles. The maximum absolute atomic E-state index is 10.9. The number of anilines is 1. The van der Waals surface area contributed by atoms with Crippen LogP contribution in [0, 0.1) is 17.0 Å². The highest BCUT2D eigenvalue weighted by Crippen LogP contribution is 2.18. The molecule has 0 fully saturated rings. The minimum Gasteiger partial charge on any atom is -0.372 e. The molecular formula is C24H26N3O2+. The van der Waals surface area contributed by atoms with E-state index < -0.39 is 0 Å². The molecule has 3 rings (SSSR count). The zero-order chi connectivity index (χ0) is 20.8. The van der Waals surface area contributed by atoms with Gasteiger partial charge in [0.05, 0.1) is 4.92 Å². The van der Waals surface area contributed by atoms with Gasteiger partial charge in [0.15, 0.2) is 12.4 Å². The lowest BCUT2D eigenvalue weighted by Gasteiger charge is -2.20. The standard InChI is InChI=1S/C24H26N3O2/c1-4-25(5-2)22-10-8-20(9-11-22)6-7-21-14-16-26(17-15-21)24-13-12-23(27(28)29)18-19(24)3/h6-18H,4-5H2,1-3H3/q+1. The van der Waals surface area contributed by atoms with Gasteiger partial charge in [0, 0.05) is 54.7 Å². The summed E-state index contributed by atoms with van der Waals surface area (Å²) >= 11 is 0. The second-order valence-electron chi connectivity index (χ2n) is 6.86. The first-order valence-electron chi connectivity index (χ1n) is 9.81. The quantitative estimate of drug-likeness (QED) is 0.318. The molecule has 0 spiro atoms. The number of pyridine rings is 1. The third-order valence-electron chi connectivity index (χ3n) is 5.01. The molecule has 1 heterocycles. The van der Waals surface area contributed by atoms with Crippen molar-refractivity contribution < 1.29 is 9.49 Å². The van der Waals surface area contributed by atoms with E-state index in [-0.39, 0.29) is 10.6 Å². The SMILES string of the molecule is CCN(CC)c1ccc(/C=C/c2cc[n+](-c3ccc([N+](=O)[O-])cc3C)cc2)cc1. The average molecular weight is 388 g/mol. The Morgan fingerprint density at radius 1 is 0.931 bits per heavy atom. The Morgan fingerprint density at radius 2 is 1.52 bits per heavy atom. The summed E-state index contributed by atoms with van der Waals surface area (Å²) in [5.74, 6) is 0. The van der Waals surface area contributed by atoms with Gasteiger partial charge in [0.25, 0.3) is 5.69 Å². The minimum atomic E-state index is -0.371. The lowest BCUT2D eigenvalue weighted by Crippen LogP contribution is -2.30. The second kappa shape index (κ2) is 9.15. The number of rotatable bonds is 7. The summed E-state index contributed by atoms with van der Waals surface area (Å²) in [6.45, 7) is 8.22. The van der Waals surface area contributed by atoms with Crippen molar-refractivity contribution in [3.8, 4) is 5.69 Å². The van der Waals surface area contributed by atoms with Crippen LogP contribution in [-0.4, -0.2) is 18.0 Å². The van der Waals surface area contributed by atoms with Crippen molar-refractivity contribution in [2.75, 3.05) is 18.0 Å². The van der Waals surface area contributed by atoms with Gasteiger partial charge >= 0.3 is 0 Å². The molecule has 0 unspecified atom stereocenters. The lowest BCUT2D eigenvalue weighted by atomic mass is 10.1. The van der Waals surface area contributed by atoms with Crippen LogP contribution in [0.5, 0.6) is 0 Å².